The van der Waals surface area contributed by atoms with E-state index >= 15 is 0 Å². The molecule has 10 heteroatoms. The van der Waals surface area contributed by atoms with Crippen molar-refractivity contribution in [3.8, 4) is 11.4 Å². The van der Waals surface area contributed by atoms with Crippen LogP contribution >= 0.6 is 11.8 Å². The minimum atomic E-state index is -3.45. The average molecular weight is 444 g/mol. The monoisotopic (exact) mass is 443 g/mol. The lowest BCUT2D eigenvalue weighted by Crippen LogP contribution is -2.27. The highest BCUT2D eigenvalue weighted by Gasteiger charge is 2.26. The lowest BCUT2D eigenvalue weighted by Gasteiger charge is -2.15. The molecule has 4 rings (SSSR count). The second-order valence-electron chi connectivity index (χ2n) is 6.81. The molecule has 2 heterocycles. The van der Waals surface area contributed by atoms with Gasteiger partial charge in [0.1, 0.15) is 0 Å². The van der Waals surface area contributed by atoms with E-state index in [9.17, 15) is 13.2 Å². The highest BCUT2D eigenvalue weighted by atomic mass is 32.2. The number of hydrogen-bond acceptors (Lipinski definition) is 6. The van der Waals surface area contributed by atoms with Crippen LogP contribution in [-0.4, -0.2) is 52.7 Å². The summed E-state index contributed by atoms with van der Waals surface area (Å²) in [6.07, 6.45) is 1.78. The molecule has 0 saturated carbocycles. The van der Waals surface area contributed by atoms with Crippen LogP contribution in [0.15, 0.2) is 64.6 Å². The minimum Gasteiger partial charge on any atom is -0.325 e. The number of carbonyl (C=O) groups is 1. The van der Waals surface area contributed by atoms with Crippen molar-refractivity contribution in [2.75, 3.05) is 24.2 Å². The molecule has 0 spiro atoms. The molecule has 1 fully saturated rings. The van der Waals surface area contributed by atoms with Gasteiger partial charge in [-0.1, -0.05) is 42.1 Å². The van der Waals surface area contributed by atoms with Crippen LogP contribution in [0.3, 0.4) is 0 Å². The fraction of sp³-hybridized carbons (Fsp3) is 0.250. The van der Waals surface area contributed by atoms with Crippen LogP contribution in [0.25, 0.3) is 11.4 Å². The molecule has 3 aromatic rings. The zero-order chi connectivity index (χ0) is 21.0. The molecule has 1 amide bonds. The fourth-order valence-electron chi connectivity index (χ4n) is 3.15. The maximum atomic E-state index is 12.6. The molecule has 0 unspecified atom stereocenters. The fourth-order valence-corrected chi connectivity index (χ4v) is 5.27. The molecule has 1 aromatic heterocycles. The average Bonchev–Trinajstić information content (AvgIpc) is 3.46. The van der Waals surface area contributed by atoms with Gasteiger partial charge in [0.25, 0.3) is 0 Å². The van der Waals surface area contributed by atoms with Gasteiger partial charge in [-0.2, -0.15) is 4.31 Å². The summed E-state index contributed by atoms with van der Waals surface area (Å²) in [5.41, 5.74) is 1.46. The Bertz CT molecular complexity index is 1110. The van der Waals surface area contributed by atoms with Crippen molar-refractivity contribution in [2.45, 2.75) is 22.9 Å². The molecule has 8 nitrogen and oxygen atoms in total. The number of H-pyrrole nitrogens is 1. The van der Waals surface area contributed by atoms with Crippen molar-refractivity contribution in [2.24, 2.45) is 0 Å². The van der Waals surface area contributed by atoms with Gasteiger partial charge in [-0.05, 0) is 37.1 Å². The van der Waals surface area contributed by atoms with Crippen molar-refractivity contribution < 1.29 is 13.2 Å². The molecular formula is C20H21N5O3S2. The van der Waals surface area contributed by atoms with Gasteiger partial charge in [0.2, 0.25) is 21.1 Å². The summed E-state index contributed by atoms with van der Waals surface area (Å²) < 4.78 is 26.6. The Morgan fingerprint density at radius 3 is 2.47 bits per heavy atom. The van der Waals surface area contributed by atoms with Crippen molar-refractivity contribution in [1.82, 2.24) is 19.5 Å². The Labute approximate surface area is 179 Å². The van der Waals surface area contributed by atoms with Crippen LogP contribution in [0.5, 0.6) is 0 Å². The lowest BCUT2D eigenvalue weighted by atomic mass is 10.2. The Morgan fingerprint density at radius 2 is 1.77 bits per heavy atom. The molecule has 0 atom stereocenters. The number of aromatic nitrogens is 3. The van der Waals surface area contributed by atoms with E-state index in [0.717, 1.165) is 18.4 Å². The molecular weight excluding hydrogens is 422 g/mol. The van der Waals surface area contributed by atoms with Gasteiger partial charge in [-0.25, -0.2) is 13.4 Å². The van der Waals surface area contributed by atoms with E-state index in [1.54, 1.807) is 12.1 Å². The number of nitrogens with one attached hydrogen (secondary N) is 2. The highest BCUT2D eigenvalue weighted by molar-refractivity contribution is 7.99. The summed E-state index contributed by atoms with van der Waals surface area (Å²) in [6.45, 7) is 1.12. The Kier molecular flexibility index (Phi) is 6.16. The number of carbonyl (C=O) groups excluding carboxylic acids is 1. The first-order chi connectivity index (χ1) is 14.5. The molecule has 0 aliphatic carbocycles. The van der Waals surface area contributed by atoms with Crippen LogP contribution in [0.4, 0.5) is 5.69 Å². The van der Waals surface area contributed by atoms with Gasteiger partial charge in [-0.15, -0.1) is 5.10 Å². The number of thioether (sulfide) groups is 1. The van der Waals surface area contributed by atoms with E-state index in [2.05, 4.69) is 20.5 Å². The predicted molar refractivity (Wildman–Crippen MR) is 116 cm³/mol. The standard InChI is InChI=1S/C20H21N5O3S2/c26-18(14-29-20-22-19(23-24-20)15-6-2-1-3-7-15)21-16-8-10-17(11-9-16)30(27,28)25-12-4-5-13-25/h1-3,6-11H,4-5,12-14H2,(H,21,26)(H,22,23,24). The summed E-state index contributed by atoms with van der Waals surface area (Å²) >= 11 is 1.22. The third-order valence-corrected chi connectivity index (χ3v) is 7.45. The molecule has 2 aromatic carbocycles. The Hall–Kier alpha value is -2.69. The molecule has 1 saturated heterocycles. The van der Waals surface area contributed by atoms with Gasteiger partial charge in [0.15, 0.2) is 5.82 Å². The van der Waals surface area contributed by atoms with Crippen LogP contribution in [0.2, 0.25) is 0 Å². The number of anilines is 1. The van der Waals surface area contributed by atoms with Gasteiger partial charge < -0.3 is 5.32 Å². The smallest absolute Gasteiger partial charge is 0.243 e. The molecule has 0 bridgehead atoms. The largest absolute Gasteiger partial charge is 0.325 e. The first-order valence-electron chi connectivity index (χ1n) is 9.53. The van der Waals surface area contributed by atoms with Crippen molar-refractivity contribution in [3.63, 3.8) is 0 Å². The zero-order valence-corrected chi connectivity index (χ0v) is 17.7. The van der Waals surface area contributed by atoms with Gasteiger partial charge in [0, 0.05) is 24.3 Å². The maximum absolute atomic E-state index is 12.6. The van der Waals surface area contributed by atoms with Crippen molar-refractivity contribution in [1.29, 1.82) is 0 Å². The van der Waals surface area contributed by atoms with Crippen LogP contribution in [0.1, 0.15) is 12.8 Å². The topological polar surface area (TPSA) is 108 Å². The van der Waals surface area contributed by atoms with E-state index in [0.29, 0.717) is 29.8 Å². The lowest BCUT2D eigenvalue weighted by molar-refractivity contribution is -0.113. The first kappa shape index (κ1) is 20.6. The number of amides is 1. The minimum absolute atomic E-state index is 0.139. The van der Waals surface area contributed by atoms with Crippen molar-refractivity contribution in [3.05, 3.63) is 54.6 Å². The van der Waals surface area contributed by atoms with E-state index < -0.39 is 10.0 Å². The second-order valence-corrected chi connectivity index (χ2v) is 9.69. The number of sulfonamides is 1. The number of aromatic amines is 1. The van der Waals surface area contributed by atoms with Gasteiger partial charge in [-0.3, -0.25) is 9.89 Å². The van der Waals surface area contributed by atoms with Crippen LogP contribution < -0.4 is 5.32 Å². The summed E-state index contributed by atoms with van der Waals surface area (Å²) in [6, 6.07) is 15.9. The van der Waals surface area contributed by atoms with E-state index in [-0.39, 0.29) is 16.6 Å². The summed E-state index contributed by atoms with van der Waals surface area (Å²) in [5.74, 6) is 0.564. The number of benzene rings is 2. The first-order valence-corrected chi connectivity index (χ1v) is 12.0. The maximum Gasteiger partial charge on any atom is 0.243 e. The van der Waals surface area contributed by atoms with Crippen molar-refractivity contribution >= 4 is 33.4 Å². The molecule has 156 valence electrons. The quantitative estimate of drug-likeness (QED) is 0.544. The molecule has 1 aliphatic heterocycles. The highest BCUT2D eigenvalue weighted by Crippen LogP contribution is 2.23. The molecule has 0 radical (unpaired) electrons. The third kappa shape index (κ3) is 4.72. The number of nitrogens with zero attached hydrogens (tertiary/aromatic N) is 3. The van der Waals surface area contributed by atoms with Gasteiger partial charge >= 0.3 is 0 Å². The van der Waals surface area contributed by atoms with Crippen LogP contribution in [-0.2, 0) is 14.8 Å². The Balaban J connectivity index is 1.32. The molecule has 2 N–H and O–H groups in total. The zero-order valence-electron chi connectivity index (χ0n) is 16.1. The van der Waals surface area contributed by atoms with E-state index in [1.165, 1.54) is 28.2 Å². The Morgan fingerprint density at radius 1 is 1.07 bits per heavy atom. The number of hydrogen-bond donors (Lipinski definition) is 2. The number of rotatable bonds is 7. The normalized spacial score (nSPS) is 14.7. The van der Waals surface area contributed by atoms with E-state index in [1.807, 2.05) is 30.3 Å². The molecule has 30 heavy (non-hydrogen) atoms. The molecule has 1 aliphatic rings. The van der Waals surface area contributed by atoms with Crippen LogP contribution in [0, 0.1) is 0 Å². The summed E-state index contributed by atoms with van der Waals surface area (Å²) in [4.78, 5) is 16.9. The SMILES string of the molecule is O=C(CSc1n[nH]c(-c2ccccc2)n1)Nc1ccc(S(=O)(=O)N2CCCC2)cc1. The third-order valence-electron chi connectivity index (χ3n) is 4.69. The second kappa shape index (κ2) is 8.99. The predicted octanol–water partition coefficient (Wildman–Crippen LogP) is 2.99. The summed E-state index contributed by atoms with van der Waals surface area (Å²) in [7, 11) is -3.45. The van der Waals surface area contributed by atoms with Gasteiger partial charge in [0.05, 0.1) is 10.6 Å². The van der Waals surface area contributed by atoms with E-state index in [4.69, 9.17) is 0 Å². The summed E-state index contributed by atoms with van der Waals surface area (Å²) in [5, 5.41) is 10.2.